The maximum absolute atomic E-state index is 13.5. The molecule has 0 saturated carbocycles. The van der Waals surface area contributed by atoms with Crippen molar-refractivity contribution in [2.24, 2.45) is 0 Å². The minimum atomic E-state index is -0.879. The molecule has 1 amide bonds. The van der Waals surface area contributed by atoms with Gasteiger partial charge in [0.1, 0.15) is 0 Å². The molecular weight excluding hydrogens is 414 g/mol. The zero-order valence-corrected chi connectivity index (χ0v) is 19.6. The van der Waals surface area contributed by atoms with Crippen LogP contribution in [-0.4, -0.2) is 41.0 Å². The summed E-state index contributed by atoms with van der Waals surface area (Å²) in [6.45, 7) is 8.53. The molecule has 3 aromatic rings. The lowest BCUT2D eigenvalue weighted by atomic mass is 9.95. The van der Waals surface area contributed by atoms with Gasteiger partial charge in [0.05, 0.1) is 11.1 Å². The van der Waals surface area contributed by atoms with Crippen LogP contribution >= 0.6 is 0 Å². The van der Waals surface area contributed by atoms with E-state index in [-0.39, 0.29) is 5.91 Å². The summed E-state index contributed by atoms with van der Waals surface area (Å²) in [5, 5.41) is 3.65. The number of ether oxygens (including phenoxy) is 1. The van der Waals surface area contributed by atoms with Crippen molar-refractivity contribution in [3.8, 4) is 0 Å². The van der Waals surface area contributed by atoms with Crippen molar-refractivity contribution in [3.05, 3.63) is 70.9 Å². The number of nitrogens with one attached hydrogen (secondary N) is 1. The number of hydrogen-bond acceptors (Lipinski definition) is 5. The molecule has 4 rings (SSSR count). The van der Waals surface area contributed by atoms with Gasteiger partial charge in [-0.3, -0.25) is 14.7 Å². The molecule has 1 aliphatic rings. The Kier molecular flexibility index (Phi) is 7.04. The summed E-state index contributed by atoms with van der Waals surface area (Å²) in [4.78, 5) is 33.6. The molecule has 1 aromatic heterocycles. The SMILES string of the molecule is CCCN1CCc2nc3ccccc3c(C(=O)OC(CC)C(=O)Nc3cccc(C)c3)c2C1. The number of pyridine rings is 1. The molecule has 0 spiro atoms. The third-order valence-electron chi connectivity index (χ3n) is 6.07. The van der Waals surface area contributed by atoms with Gasteiger partial charge in [0.25, 0.3) is 5.91 Å². The highest BCUT2D eigenvalue weighted by molar-refractivity contribution is 6.06. The van der Waals surface area contributed by atoms with E-state index in [1.54, 1.807) is 0 Å². The highest BCUT2D eigenvalue weighted by Crippen LogP contribution is 2.29. The monoisotopic (exact) mass is 445 g/mol. The summed E-state index contributed by atoms with van der Waals surface area (Å²) in [7, 11) is 0. The second-order valence-electron chi connectivity index (χ2n) is 8.62. The van der Waals surface area contributed by atoms with E-state index in [1.165, 1.54) is 0 Å². The Hall–Kier alpha value is -3.25. The maximum Gasteiger partial charge on any atom is 0.340 e. The average molecular weight is 446 g/mol. The molecule has 1 atom stereocenters. The van der Waals surface area contributed by atoms with E-state index in [2.05, 4.69) is 17.1 Å². The first-order chi connectivity index (χ1) is 16.0. The van der Waals surface area contributed by atoms with E-state index in [0.29, 0.717) is 24.2 Å². The number of carbonyl (C=O) groups is 2. The van der Waals surface area contributed by atoms with Crippen LogP contribution in [0.5, 0.6) is 0 Å². The molecule has 0 fully saturated rings. The Labute approximate surface area is 195 Å². The number of amides is 1. The first-order valence-corrected chi connectivity index (χ1v) is 11.7. The number of anilines is 1. The van der Waals surface area contributed by atoms with E-state index >= 15 is 0 Å². The lowest BCUT2D eigenvalue weighted by Gasteiger charge is -2.30. The quantitative estimate of drug-likeness (QED) is 0.525. The minimum Gasteiger partial charge on any atom is -0.449 e. The predicted octanol–water partition coefficient (Wildman–Crippen LogP) is 4.89. The molecule has 6 nitrogen and oxygen atoms in total. The Morgan fingerprint density at radius 1 is 1.15 bits per heavy atom. The number of benzene rings is 2. The third-order valence-corrected chi connectivity index (χ3v) is 6.07. The zero-order valence-electron chi connectivity index (χ0n) is 19.6. The molecule has 1 N–H and O–H groups in total. The van der Waals surface area contributed by atoms with Crippen molar-refractivity contribution in [2.45, 2.75) is 52.7 Å². The molecule has 0 radical (unpaired) electrons. The summed E-state index contributed by atoms with van der Waals surface area (Å²) < 4.78 is 5.82. The van der Waals surface area contributed by atoms with Crippen molar-refractivity contribution in [3.63, 3.8) is 0 Å². The molecule has 2 aromatic carbocycles. The van der Waals surface area contributed by atoms with Gasteiger partial charge in [-0.25, -0.2) is 4.79 Å². The fourth-order valence-corrected chi connectivity index (χ4v) is 4.44. The molecule has 6 heteroatoms. The van der Waals surface area contributed by atoms with Crippen LogP contribution in [-0.2, 0) is 22.5 Å². The number of aromatic nitrogens is 1. The molecule has 1 unspecified atom stereocenters. The molecule has 172 valence electrons. The van der Waals surface area contributed by atoms with Crippen molar-refractivity contribution < 1.29 is 14.3 Å². The van der Waals surface area contributed by atoms with Gasteiger partial charge in [-0.15, -0.1) is 0 Å². The van der Waals surface area contributed by atoms with Crippen molar-refractivity contribution >= 4 is 28.5 Å². The van der Waals surface area contributed by atoms with Crippen molar-refractivity contribution in [1.82, 2.24) is 9.88 Å². The Balaban J connectivity index is 1.64. The summed E-state index contributed by atoms with van der Waals surface area (Å²) in [5.74, 6) is -0.786. The molecule has 1 aliphatic heterocycles. The normalized spacial score (nSPS) is 14.5. The van der Waals surface area contributed by atoms with E-state index in [1.807, 2.05) is 62.4 Å². The van der Waals surface area contributed by atoms with E-state index < -0.39 is 12.1 Å². The summed E-state index contributed by atoms with van der Waals surface area (Å²) in [6, 6.07) is 15.2. The molecule has 0 bridgehead atoms. The van der Waals surface area contributed by atoms with Gasteiger partial charge in [0.2, 0.25) is 0 Å². The van der Waals surface area contributed by atoms with Crippen LogP contribution in [0.15, 0.2) is 48.5 Å². The Morgan fingerprint density at radius 2 is 1.97 bits per heavy atom. The first-order valence-electron chi connectivity index (χ1n) is 11.7. The van der Waals surface area contributed by atoms with Gasteiger partial charge < -0.3 is 10.1 Å². The van der Waals surface area contributed by atoms with Gasteiger partial charge in [0.15, 0.2) is 6.10 Å². The molecule has 2 heterocycles. The van der Waals surface area contributed by atoms with Crippen molar-refractivity contribution in [1.29, 1.82) is 0 Å². The maximum atomic E-state index is 13.5. The van der Waals surface area contributed by atoms with E-state index in [0.717, 1.165) is 53.7 Å². The van der Waals surface area contributed by atoms with Gasteiger partial charge in [-0.05, 0) is 50.1 Å². The number of rotatable bonds is 7. The Morgan fingerprint density at radius 3 is 2.73 bits per heavy atom. The predicted molar refractivity (Wildman–Crippen MR) is 130 cm³/mol. The topological polar surface area (TPSA) is 71.5 Å². The van der Waals surface area contributed by atoms with Gasteiger partial charge >= 0.3 is 5.97 Å². The summed E-state index contributed by atoms with van der Waals surface area (Å²) in [6.07, 6.45) is 1.35. The number of esters is 1. The van der Waals surface area contributed by atoms with Crippen LogP contribution < -0.4 is 5.32 Å². The van der Waals surface area contributed by atoms with Crippen LogP contribution in [0.1, 0.15) is 53.9 Å². The van der Waals surface area contributed by atoms with E-state index in [9.17, 15) is 9.59 Å². The number of aryl methyl sites for hydroxylation is 1. The highest BCUT2D eigenvalue weighted by Gasteiger charge is 2.29. The highest BCUT2D eigenvalue weighted by atomic mass is 16.5. The number of fused-ring (bicyclic) bond motifs is 2. The van der Waals surface area contributed by atoms with Crippen LogP contribution in [0, 0.1) is 6.92 Å². The second-order valence-corrected chi connectivity index (χ2v) is 8.62. The second kappa shape index (κ2) is 10.1. The van der Waals surface area contributed by atoms with E-state index in [4.69, 9.17) is 9.72 Å². The minimum absolute atomic E-state index is 0.323. The summed E-state index contributed by atoms with van der Waals surface area (Å²) >= 11 is 0. The van der Waals surface area contributed by atoms with Crippen LogP contribution in [0.25, 0.3) is 10.9 Å². The zero-order chi connectivity index (χ0) is 23.4. The third kappa shape index (κ3) is 5.06. The molecular formula is C27H31N3O3. The van der Waals surface area contributed by atoms with Gasteiger partial charge in [-0.2, -0.15) is 0 Å². The van der Waals surface area contributed by atoms with Gasteiger partial charge in [-0.1, -0.05) is 44.2 Å². The molecule has 0 saturated heterocycles. The number of para-hydroxylation sites is 1. The summed E-state index contributed by atoms with van der Waals surface area (Å²) in [5.41, 5.74) is 4.93. The molecule has 0 aliphatic carbocycles. The van der Waals surface area contributed by atoms with Crippen LogP contribution in [0.2, 0.25) is 0 Å². The fraction of sp³-hybridized carbons (Fsp3) is 0.370. The lowest BCUT2D eigenvalue weighted by molar-refractivity contribution is -0.124. The first kappa shape index (κ1) is 22.9. The smallest absolute Gasteiger partial charge is 0.340 e. The number of nitrogens with zero attached hydrogens (tertiary/aromatic N) is 2. The largest absolute Gasteiger partial charge is 0.449 e. The Bertz CT molecular complexity index is 1170. The number of carbonyl (C=O) groups excluding carboxylic acids is 2. The van der Waals surface area contributed by atoms with Crippen LogP contribution in [0.4, 0.5) is 5.69 Å². The van der Waals surface area contributed by atoms with Gasteiger partial charge in [0, 0.05) is 41.8 Å². The molecule has 33 heavy (non-hydrogen) atoms. The standard InChI is InChI=1S/C27H31N3O3/c1-4-14-30-15-13-23-21(17-30)25(20-11-6-7-12-22(20)29-23)27(32)33-24(5-2)26(31)28-19-10-8-9-18(3)16-19/h6-12,16,24H,4-5,13-15,17H2,1-3H3,(H,28,31). The fourth-order valence-electron chi connectivity index (χ4n) is 4.44. The van der Waals surface area contributed by atoms with Crippen LogP contribution in [0.3, 0.4) is 0 Å². The van der Waals surface area contributed by atoms with Crippen molar-refractivity contribution in [2.75, 3.05) is 18.4 Å². The lowest BCUT2D eigenvalue weighted by Crippen LogP contribution is -2.35. The average Bonchev–Trinajstić information content (AvgIpc) is 2.81. The number of hydrogen-bond donors (Lipinski definition) is 1.